The van der Waals surface area contributed by atoms with Gasteiger partial charge in [0.15, 0.2) is 0 Å². The number of benzene rings is 1. The third-order valence-corrected chi connectivity index (χ3v) is 3.69. The summed E-state index contributed by atoms with van der Waals surface area (Å²) in [5.74, 6) is -0.139. The number of halogens is 3. The van der Waals surface area contributed by atoms with Gasteiger partial charge >= 0.3 is 6.18 Å². The number of carbonyl (C=O) groups excluding carboxylic acids is 1. The lowest BCUT2D eigenvalue weighted by Crippen LogP contribution is -2.30. The van der Waals surface area contributed by atoms with Gasteiger partial charge in [-0.2, -0.15) is 13.2 Å². The van der Waals surface area contributed by atoms with E-state index in [0.29, 0.717) is 18.5 Å². The normalized spacial score (nSPS) is 15.8. The predicted octanol–water partition coefficient (Wildman–Crippen LogP) is 3.72. The third-order valence-electron chi connectivity index (χ3n) is 3.69. The van der Waals surface area contributed by atoms with Crippen LogP contribution in [0.3, 0.4) is 0 Å². The van der Waals surface area contributed by atoms with E-state index < -0.39 is 17.8 Å². The molecule has 6 heteroatoms. The molecule has 1 amide bonds. The highest BCUT2D eigenvalue weighted by atomic mass is 19.4. The van der Waals surface area contributed by atoms with E-state index in [-0.39, 0.29) is 24.2 Å². The fourth-order valence-electron chi connectivity index (χ4n) is 2.42. The molecule has 0 aliphatic heterocycles. The number of nitrogens with one attached hydrogen (secondary N) is 1. The smallest absolute Gasteiger partial charge is 0.393 e. The zero-order valence-corrected chi connectivity index (χ0v) is 13.7. The fraction of sp³-hybridized carbons (Fsp3) is 0.588. The van der Waals surface area contributed by atoms with Crippen LogP contribution in [0, 0.1) is 5.92 Å². The van der Waals surface area contributed by atoms with E-state index >= 15 is 0 Å². The topological polar surface area (TPSA) is 49.3 Å². The van der Waals surface area contributed by atoms with Crippen molar-refractivity contribution in [2.75, 3.05) is 6.54 Å². The van der Waals surface area contributed by atoms with E-state index in [0.717, 1.165) is 12.1 Å². The Bertz CT molecular complexity index is 498. The Hall–Kier alpha value is -1.56. The molecule has 1 aromatic rings. The average Bonchev–Trinajstić information content (AvgIpc) is 2.43. The molecule has 0 radical (unpaired) electrons. The molecular weight excluding hydrogens is 307 g/mol. The average molecular weight is 331 g/mol. The van der Waals surface area contributed by atoms with Gasteiger partial charge in [0.2, 0.25) is 5.91 Å². The van der Waals surface area contributed by atoms with Crippen molar-refractivity contribution in [1.29, 1.82) is 0 Å². The minimum absolute atomic E-state index is 0.144. The Labute approximate surface area is 134 Å². The number of amides is 1. The first kappa shape index (κ1) is 19.5. The highest BCUT2D eigenvalue weighted by molar-refractivity contribution is 5.76. The molecule has 130 valence electrons. The Morgan fingerprint density at radius 3 is 2.22 bits per heavy atom. The standard InChI is InChI=1S/C17H24F3NO2/c1-11(8-13(3)22)10-21-16(23)9-12(2)14-4-6-15(7-5-14)17(18,19)20/h4-7,11-13,22H,8-10H2,1-3H3,(H,21,23). The molecule has 3 atom stereocenters. The van der Waals surface area contributed by atoms with Crippen molar-refractivity contribution in [2.45, 2.75) is 51.8 Å². The molecule has 0 bridgehead atoms. The zero-order valence-electron chi connectivity index (χ0n) is 13.7. The minimum Gasteiger partial charge on any atom is -0.393 e. The number of hydrogen-bond acceptors (Lipinski definition) is 2. The molecule has 0 saturated heterocycles. The van der Waals surface area contributed by atoms with Gasteiger partial charge in [-0.25, -0.2) is 0 Å². The van der Waals surface area contributed by atoms with Gasteiger partial charge in [-0.05, 0) is 42.9 Å². The largest absolute Gasteiger partial charge is 0.416 e. The number of rotatable bonds is 7. The lowest BCUT2D eigenvalue weighted by molar-refractivity contribution is -0.137. The molecule has 0 heterocycles. The van der Waals surface area contributed by atoms with Gasteiger partial charge in [-0.3, -0.25) is 4.79 Å². The second-order valence-electron chi connectivity index (χ2n) is 6.22. The first-order valence-corrected chi connectivity index (χ1v) is 7.71. The van der Waals surface area contributed by atoms with E-state index in [1.807, 2.05) is 6.92 Å². The Morgan fingerprint density at radius 1 is 1.17 bits per heavy atom. The summed E-state index contributed by atoms with van der Waals surface area (Å²) in [6.45, 7) is 5.92. The van der Waals surface area contributed by atoms with Gasteiger partial charge in [-0.15, -0.1) is 0 Å². The first-order valence-electron chi connectivity index (χ1n) is 7.71. The van der Waals surface area contributed by atoms with E-state index in [4.69, 9.17) is 0 Å². The zero-order chi connectivity index (χ0) is 17.6. The number of alkyl halides is 3. The molecule has 0 spiro atoms. The number of aliphatic hydroxyl groups excluding tert-OH is 1. The summed E-state index contributed by atoms with van der Waals surface area (Å²) in [5.41, 5.74) is 0.00929. The van der Waals surface area contributed by atoms with Crippen LogP contribution in [0.15, 0.2) is 24.3 Å². The Balaban J connectivity index is 2.49. The summed E-state index contributed by atoms with van der Waals surface area (Å²) in [7, 11) is 0. The van der Waals surface area contributed by atoms with Crippen molar-refractivity contribution in [1.82, 2.24) is 5.32 Å². The van der Waals surface area contributed by atoms with Gasteiger partial charge in [0, 0.05) is 13.0 Å². The molecule has 0 aliphatic rings. The van der Waals surface area contributed by atoms with Crippen molar-refractivity contribution in [3.8, 4) is 0 Å². The van der Waals surface area contributed by atoms with Crippen LogP contribution < -0.4 is 5.32 Å². The summed E-state index contributed by atoms with van der Waals surface area (Å²) in [6.07, 6.45) is -3.94. The van der Waals surface area contributed by atoms with Crippen LogP contribution in [-0.2, 0) is 11.0 Å². The van der Waals surface area contributed by atoms with Crippen molar-refractivity contribution in [2.24, 2.45) is 5.92 Å². The second-order valence-corrected chi connectivity index (χ2v) is 6.22. The van der Waals surface area contributed by atoms with Crippen LogP contribution in [0.2, 0.25) is 0 Å². The van der Waals surface area contributed by atoms with Gasteiger partial charge < -0.3 is 10.4 Å². The molecule has 1 aromatic carbocycles. The number of hydrogen-bond donors (Lipinski definition) is 2. The maximum absolute atomic E-state index is 12.5. The number of aliphatic hydroxyl groups is 1. The van der Waals surface area contributed by atoms with E-state index in [2.05, 4.69) is 5.32 Å². The van der Waals surface area contributed by atoms with Gasteiger partial charge in [0.25, 0.3) is 0 Å². The molecule has 0 aliphatic carbocycles. The lowest BCUT2D eigenvalue weighted by atomic mass is 9.96. The number of carbonyl (C=O) groups is 1. The summed E-state index contributed by atoms with van der Waals surface area (Å²) < 4.78 is 37.5. The monoisotopic (exact) mass is 331 g/mol. The molecule has 2 N–H and O–H groups in total. The van der Waals surface area contributed by atoms with Gasteiger partial charge in [-0.1, -0.05) is 26.0 Å². The molecule has 0 saturated carbocycles. The summed E-state index contributed by atoms with van der Waals surface area (Å²) in [6, 6.07) is 4.90. The van der Waals surface area contributed by atoms with Crippen molar-refractivity contribution in [3.63, 3.8) is 0 Å². The molecule has 3 unspecified atom stereocenters. The Kier molecular flexibility index (Phi) is 7.06. The third kappa shape index (κ3) is 7.03. The van der Waals surface area contributed by atoms with Gasteiger partial charge in [0.1, 0.15) is 0 Å². The van der Waals surface area contributed by atoms with Crippen molar-refractivity contribution >= 4 is 5.91 Å². The quantitative estimate of drug-likeness (QED) is 0.800. The summed E-state index contributed by atoms with van der Waals surface area (Å²) in [4.78, 5) is 11.9. The second kappa shape index (κ2) is 8.34. The summed E-state index contributed by atoms with van der Waals surface area (Å²) >= 11 is 0. The van der Waals surface area contributed by atoms with Crippen LogP contribution >= 0.6 is 0 Å². The first-order chi connectivity index (χ1) is 10.6. The lowest BCUT2D eigenvalue weighted by Gasteiger charge is -2.16. The molecule has 3 nitrogen and oxygen atoms in total. The predicted molar refractivity (Wildman–Crippen MR) is 82.9 cm³/mol. The highest BCUT2D eigenvalue weighted by Crippen LogP contribution is 2.30. The van der Waals surface area contributed by atoms with Crippen LogP contribution in [0.1, 0.15) is 50.7 Å². The molecular formula is C17H24F3NO2. The van der Waals surface area contributed by atoms with E-state index in [1.54, 1.807) is 13.8 Å². The van der Waals surface area contributed by atoms with Crippen LogP contribution in [0.5, 0.6) is 0 Å². The van der Waals surface area contributed by atoms with E-state index in [9.17, 15) is 23.1 Å². The minimum atomic E-state index is -4.35. The van der Waals surface area contributed by atoms with Crippen molar-refractivity contribution < 1.29 is 23.1 Å². The van der Waals surface area contributed by atoms with Crippen LogP contribution in [0.25, 0.3) is 0 Å². The molecule has 0 aromatic heterocycles. The molecule has 23 heavy (non-hydrogen) atoms. The maximum Gasteiger partial charge on any atom is 0.416 e. The SMILES string of the molecule is CC(O)CC(C)CNC(=O)CC(C)c1ccc(C(F)(F)F)cc1. The van der Waals surface area contributed by atoms with Crippen LogP contribution in [0.4, 0.5) is 13.2 Å². The van der Waals surface area contributed by atoms with Crippen molar-refractivity contribution in [3.05, 3.63) is 35.4 Å². The maximum atomic E-state index is 12.5. The van der Waals surface area contributed by atoms with Gasteiger partial charge in [0.05, 0.1) is 11.7 Å². The summed E-state index contributed by atoms with van der Waals surface area (Å²) in [5, 5.41) is 12.1. The molecule has 1 rings (SSSR count). The Morgan fingerprint density at radius 2 is 1.74 bits per heavy atom. The molecule has 0 fully saturated rings. The van der Waals surface area contributed by atoms with Crippen LogP contribution in [-0.4, -0.2) is 23.7 Å². The highest BCUT2D eigenvalue weighted by Gasteiger charge is 2.30. The fourth-order valence-corrected chi connectivity index (χ4v) is 2.42. The van der Waals surface area contributed by atoms with E-state index in [1.165, 1.54) is 12.1 Å².